The summed E-state index contributed by atoms with van der Waals surface area (Å²) in [6.45, 7) is 1.62. The summed E-state index contributed by atoms with van der Waals surface area (Å²) >= 11 is 7.86. The van der Waals surface area contributed by atoms with Crippen molar-refractivity contribution in [3.8, 4) is 0 Å². The van der Waals surface area contributed by atoms with Crippen LogP contribution in [0.1, 0.15) is 35.2 Å². The van der Waals surface area contributed by atoms with Crippen LogP contribution in [0.2, 0.25) is 5.02 Å². The van der Waals surface area contributed by atoms with Crippen molar-refractivity contribution < 1.29 is 9.59 Å². The number of hydrogen-bond donors (Lipinski definition) is 2. The lowest BCUT2D eigenvalue weighted by molar-refractivity contribution is -0.116. The fourth-order valence-electron chi connectivity index (χ4n) is 3.68. The van der Waals surface area contributed by atoms with Crippen molar-refractivity contribution in [2.75, 3.05) is 29.5 Å². The predicted molar refractivity (Wildman–Crippen MR) is 120 cm³/mol. The number of hydrogen-bond acceptors (Lipinski definition) is 4. The van der Waals surface area contributed by atoms with E-state index in [4.69, 9.17) is 11.6 Å². The van der Waals surface area contributed by atoms with Crippen molar-refractivity contribution in [3.63, 3.8) is 0 Å². The highest BCUT2D eigenvalue weighted by Gasteiger charge is 2.27. The van der Waals surface area contributed by atoms with Crippen LogP contribution >= 0.6 is 23.4 Å². The summed E-state index contributed by atoms with van der Waals surface area (Å²) < 4.78 is 0. The third-order valence-electron chi connectivity index (χ3n) is 5.31. The Hall–Kier alpha value is -2.18. The fourth-order valence-corrected chi connectivity index (χ4v) is 5.02. The van der Waals surface area contributed by atoms with E-state index in [9.17, 15) is 9.59 Å². The number of piperidine rings is 1. The van der Waals surface area contributed by atoms with Crippen LogP contribution in [0.15, 0.2) is 42.5 Å². The summed E-state index contributed by atoms with van der Waals surface area (Å²) in [4.78, 5) is 27.2. The largest absolute Gasteiger partial charge is 0.371 e. The highest BCUT2D eigenvalue weighted by molar-refractivity contribution is 7.98. The Kier molecular flexibility index (Phi) is 6.31. The van der Waals surface area contributed by atoms with Gasteiger partial charge in [0.1, 0.15) is 6.04 Å². The van der Waals surface area contributed by atoms with Gasteiger partial charge in [-0.1, -0.05) is 29.8 Å². The van der Waals surface area contributed by atoms with Crippen molar-refractivity contribution in [2.45, 2.75) is 31.1 Å². The smallest absolute Gasteiger partial charge is 0.253 e. The van der Waals surface area contributed by atoms with Gasteiger partial charge in [0.15, 0.2) is 0 Å². The van der Waals surface area contributed by atoms with Gasteiger partial charge in [0, 0.05) is 35.2 Å². The van der Waals surface area contributed by atoms with E-state index in [0.717, 1.165) is 48.0 Å². The van der Waals surface area contributed by atoms with E-state index in [1.807, 2.05) is 41.3 Å². The topological polar surface area (TPSA) is 61.4 Å². The highest BCUT2D eigenvalue weighted by atomic mass is 35.5. The summed E-state index contributed by atoms with van der Waals surface area (Å²) in [5.41, 5.74) is 3.21. The zero-order chi connectivity index (χ0) is 20.2. The normalized spacial score (nSPS) is 18.6. The van der Waals surface area contributed by atoms with Crippen LogP contribution in [0.4, 0.5) is 11.4 Å². The third kappa shape index (κ3) is 4.70. The maximum Gasteiger partial charge on any atom is 0.253 e. The number of carbonyl (C=O) groups excluding carboxylic acids is 2. The molecule has 1 saturated heterocycles. The number of thioether (sulfide) groups is 1. The van der Waals surface area contributed by atoms with Gasteiger partial charge in [-0.25, -0.2) is 0 Å². The third-order valence-corrected chi connectivity index (χ3v) is 6.77. The van der Waals surface area contributed by atoms with Crippen LogP contribution in [0.25, 0.3) is 0 Å². The molecule has 0 saturated carbocycles. The SMILES string of the molecule is O=C1Nc2cc(C(=O)N3CCCCC3)ccc2NC1CSCc1ccccc1Cl. The first-order valence-corrected chi connectivity index (χ1v) is 11.5. The predicted octanol–water partition coefficient (Wildman–Crippen LogP) is 4.63. The van der Waals surface area contributed by atoms with Crippen LogP contribution in [0, 0.1) is 0 Å². The molecule has 0 spiro atoms. The van der Waals surface area contributed by atoms with E-state index in [2.05, 4.69) is 10.6 Å². The number of amides is 2. The molecule has 4 rings (SSSR count). The van der Waals surface area contributed by atoms with Gasteiger partial charge in [-0.2, -0.15) is 11.8 Å². The van der Waals surface area contributed by atoms with Crippen molar-refractivity contribution >= 4 is 46.6 Å². The summed E-state index contributed by atoms with van der Waals surface area (Å²) in [5.74, 6) is 1.34. The number of benzene rings is 2. The molecule has 2 aromatic carbocycles. The second kappa shape index (κ2) is 9.09. The number of likely N-dealkylation sites (tertiary alicyclic amines) is 1. The number of anilines is 2. The number of halogens is 1. The second-order valence-electron chi connectivity index (χ2n) is 7.41. The van der Waals surface area contributed by atoms with Crippen molar-refractivity contribution in [1.82, 2.24) is 4.90 Å². The Bertz CT molecular complexity index is 915. The lowest BCUT2D eigenvalue weighted by Gasteiger charge is -2.29. The first-order chi connectivity index (χ1) is 14.1. The number of nitrogens with one attached hydrogen (secondary N) is 2. The molecule has 7 heteroatoms. The molecule has 1 unspecified atom stereocenters. The molecule has 29 heavy (non-hydrogen) atoms. The lowest BCUT2D eigenvalue weighted by Crippen LogP contribution is -2.41. The molecule has 2 N–H and O–H groups in total. The van der Waals surface area contributed by atoms with Gasteiger partial charge >= 0.3 is 0 Å². The van der Waals surface area contributed by atoms with Gasteiger partial charge in [0.25, 0.3) is 5.91 Å². The fraction of sp³-hybridized carbons (Fsp3) is 0.364. The van der Waals surface area contributed by atoms with Crippen molar-refractivity contribution in [3.05, 3.63) is 58.6 Å². The maximum atomic E-state index is 12.7. The van der Waals surface area contributed by atoms with E-state index < -0.39 is 0 Å². The molecule has 2 heterocycles. The van der Waals surface area contributed by atoms with Gasteiger partial charge in [0.2, 0.25) is 5.91 Å². The Morgan fingerprint density at radius 3 is 2.69 bits per heavy atom. The molecule has 1 fully saturated rings. The standard InChI is InChI=1S/C22H24ClN3O2S/c23-17-7-3-2-6-16(17)13-29-14-20-21(27)25-19-12-15(8-9-18(19)24-20)22(28)26-10-4-1-5-11-26/h2-3,6-9,12,20,24H,1,4-5,10-11,13-14H2,(H,25,27). The van der Waals surface area contributed by atoms with Gasteiger partial charge in [0.05, 0.1) is 11.4 Å². The molecule has 0 radical (unpaired) electrons. The molecule has 2 aliphatic rings. The molecule has 0 bridgehead atoms. The quantitative estimate of drug-likeness (QED) is 0.727. The van der Waals surface area contributed by atoms with Crippen molar-refractivity contribution in [1.29, 1.82) is 0 Å². The van der Waals surface area contributed by atoms with Gasteiger partial charge in [-0.3, -0.25) is 9.59 Å². The van der Waals surface area contributed by atoms with Gasteiger partial charge < -0.3 is 15.5 Å². The summed E-state index contributed by atoms with van der Waals surface area (Å²) in [5, 5.41) is 7.01. The summed E-state index contributed by atoms with van der Waals surface area (Å²) in [6, 6.07) is 12.9. The van der Waals surface area contributed by atoms with Crippen LogP contribution in [-0.2, 0) is 10.5 Å². The maximum absolute atomic E-state index is 12.7. The van der Waals surface area contributed by atoms with Crippen LogP contribution in [0.3, 0.4) is 0 Å². The van der Waals surface area contributed by atoms with E-state index in [0.29, 0.717) is 17.0 Å². The Morgan fingerprint density at radius 1 is 1.10 bits per heavy atom. The Labute approximate surface area is 180 Å². The van der Waals surface area contributed by atoms with E-state index >= 15 is 0 Å². The molecule has 2 aliphatic heterocycles. The monoisotopic (exact) mass is 429 g/mol. The van der Waals surface area contributed by atoms with E-state index in [1.54, 1.807) is 17.8 Å². The molecule has 152 valence electrons. The van der Waals surface area contributed by atoms with Crippen LogP contribution in [0.5, 0.6) is 0 Å². The van der Waals surface area contributed by atoms with Gasteiger partial charge in [-0.15, -0.1) is 0 Å². The second-order valence-corrected chi connectivity index (χ2v) is 8.84. The zero-order valence-corrected chi connectivity index (χ0v) is 17.7. The summed E-state index contributed by atoms with van der Waals surface area (Å²) in [6.07, 6.45) is 3.30. The average Bonchev–Trinajstić information content (AvgIpc) is 2.75. The Morgan fingerprint density at radius 2 is 1.90 bits per heavy atom. The number of fused-ring (bicyclic) bond motifs is 1. The molecular formula is C22H24ClN3O2S. The van der Waals surface area contributed by atoms with Crippen molar-refractivity contribution in [2.24, 2.45) is 0 Å². The van der Waals surface area contributed by atoms with Crippen LogP contribution in [-0.4, -0.2) is 41.6 Å². The number of rotatable bonds is 5. The minimum atomic E-state index is -0.321. The summed E-state index contributed by atoms with van der Waals surface area (Å²) in [7, 11) is 0. The number of carbonyl (C=O) groups is 2. The molecule has 2 aromatic rings. The lowest BCUT2D eigenvalue weighted by atomic mass is 10.1. The minimum Gasteiger partial charge on any atom is -0.371 e. The highest BCUT2D eigenvalue weighted by Crippen LogP contribution is 2.30. The molecule has 2 amide bonds. The van der Waals surface area contributed by atoms with E-state index in [-0.39, 0.29) is 17.9 Å². The Balaban J connectivity index is 1.38. The first-order valence-electron chi connectivity index (χ1n) is 9.94. The first kappa shape index (κ1) is 20.1. The zero-order valence-electron chi connectivity index (χ0n) is 16.1. The molecule has 1 atom stereocenters. The van der Waals surface area contributed by atoms with Crippen LogP contribution < -0.4 is 10.6 Å². The molecule has 0 aromatic heterocycles. The molecular weight excluding hydrogens is 406 g/mol. The molecule has 0 aliphatic carbocycles. The molecule has 5 nitrogen and oxygen atoms in total. The van der Waals surface area contributed by atoms with Gasteiger partial charge in [-0.05, 0) is 49.1 Å². The van der Waals surface area contributed by atoms with E-state index in [1.165, 1.54) is 6.42 Å². The minimum absolute atomic E-state index is 0.0409. The number of nitrogens with zero attached hydrogens (tertiary/aromatic N) is 1. The average molecular weight is 430 g/mol.